The Hall–Kier alpha value is -0.890. The smallest absolute Gasteiger partial charge is 0.0801 e. The molecule has 1 rings (SSSR count). The van der Waals surface area contributed by atoms with E-state index < -0.39 is 0 Å². The summed E-state index contributed by atoms with van der Waals surface area (Å²) >= 11 is 1.66. The average molecular weight is 195 g/mol. The zero-order chi connectivity index (χ0) is 10.3. The Morgan fingerprint density at radius 1 is 1.54 bits per heavy atom. The van der Waals surface area contributed by atoms with Crippen LogP contribution in [0, 0.1) is 6.92 Å². The molecule has 0 aliphatic heterocycles. The van der Waals surface area contributed by atoms with Crippen LogP contribution in [-0.2, 0) is 0 Å². The van der Waals surface area contributed by atoms with Gasteiger partial charge < -0.3 is 0 Å². The molecule has 0 saturated heterocycles. The largest absolute Gasteiger partial charge is 0.249 e. The Bertz CT molecular complexity index is 284. The minimum atomic E-state index is 1.09. The molecule has 0 N–H and O–H groups in total. The SMILES string of the molecule is C=C/C(C)=C\c1scnc1C.CC. The van der Waals surface area contributed by atoms with Crippen molar-refractivity contribution in [2.75, 3.05) is 0 Å². The molecule has 0 spiro atoms. The minimum absolute atomic E-state index is 1.09. The maximum atomic E-state index is 4.14. The van der Waals surface area contributed by atoms with Crippen molar-refractivity contribution in [1.82, 2.24) is 4.98 Å². The summed E-state index contributed by atoms with van der Waals surface area (Å²) in [6.45, 7) is 11.7. The zero-order valence-electron chi connectivity index (χ0n) is 8.79. The van der Waals surface area contributed by atoms with E-state index >= 15 is 0 Å². The maximum absolute atomic E-state index is 4.14. The molecule has 1 heterocycles. The third-order valence-corrected chi connectivity index (χ3v) is 2.34. The number of aromatic nitrogens is 1. The lowest BCUT2D eigenvalue weighted by Gasteiger charge is -1.89. The fourth-order valence-electron chi connectivity index (χ4n) is 0.715. The lowest BCUT2D eigenvalue weighted by Crippen LogP contribution is -1.73. The van der Waals surface area contributed by atoms with Gasteiger partial charge in [0.15, 0.2) is 0 Å². The molecule has 0 bridgehead atoms. The highest BCUT2D eigenvalue weighted by atomic mass is 32.1. The third-order valence-electron chi connectivity index (χ3n) is 1.46. The first-order valence-corrected chi connectivity index (χ1v) is 5.33. The molecule has 0 fully saturated rings. The summed E-state index contributed by atoms with van der Waals surface area (Å²) in [5, 5.41) is 0. The second kappa shape index (κ2) is 6.61. The quantitative estimate of drug-likeness (QED) is 0.648. The number of thiazole rings is 1. The van der Waals surface area contributed by atoms with Crippen LogP contribution in [0.2, 0.25) is 0 Å². The fourth-order valence-corrected chi connectivity index (χ4v) is 1.52. The molecule has 0 aliphatic carbocycles. The summed E-state index contributed by atoms with van der Waals surface area (Å²) in [6.07, 6.45) is 3.94. The van der Waals surface area contributed by atoms with Crippen molar-refractivity contribution in [3.63, 3.8) is 0 Å². The Labute approximate surface area is 84.8 Å². The standard InChI is InChI=1S/C9H11NS.C2H6/c1-4-7(2)5-9-8(3)10-6-11-9;1-2/h4-6H,1H2,2-3H3;1-2H3/b7-5-;. The third kappa shape index (κ3) is 4.04. The van der Waals surface area contributed by atoms with Gasteiger partial charge in [0.1, 0.15) is 0 Å². The van der Waals surface area contributed by atoms with Gasteiger partial charge in [0.05, 0.1) is 16.1 Å². The van der Waals surface area contributed by atoms with E-state index in [9.17, 15) is 0 Å². The van der Waals surface area contributed by atoms with Gasteiger partial charge in [-0.2, -0.15) is 0 Å². The highest BCUT2D eigenvalue weighted by molar-refractivity contribution is 7.10. The van der Waals surface area contributed by atoms with Gasteiger partial charge in [-0.05, 0) is 19.9 Å². The number of aryl methyl sites for hydroxylation is 1. The first-order chi connectivity index (χ1) is 6.24. The van der Waals surface area contributed by atoms with E-state index in [1.807, 2.05) is 39.3 Å². The van der Waals surface area contributed by atoms with Crippen LogP contribution in [0.25, 0.3) is 6.08 Å². The lowest BCUT2D eigenvalue weighted by molar-refractivity contribution is 1.26. The molecule has 1 nitrogen and oxygen atoms in total. The van der Waals surface area contributed by atoms with E-state index in [-0.39, 0.29) is 0 Å². The Morgan fingerprint density at radius 3 is 2.54 bits per heavy atom. The molecule has 72 valence electrons. The first kappa shape index (κ1) is 12.1. The molecule has 0 amide bonds. The van der Waals surface area contributed by atoms with Gasteiger partial charge >= 0.3 is 0 Å². The van der Waals surface area contributed by atoms with Crippen LogP contribution < -0.4 is 0 Å². The molecule has 0 radical (unpaired) electrons. The van der Waals surface area contributed by atoms with Crippen molar-refractivity contribution in [2.24, 2.45) is 0 Å². The number of nitrogens with zero attached hydrogens (tertiary/aromatic N) is 1. The van der Waals surface area contributed by atoms with Crippen LogP contribution in [0.5, 0.6) is 0 Å². The van der Waals surface area contributed by atoms with Gasteiger partial charge in [0.25, 0.3) is 0 Å². The molecule has 2 heteroatoms. The van der Waals surface area contributed by atoms with E-state index in [4.69, 9.17) is 0 Å². The van der Waals surface area contributed by atoms with Gasteiger partial charge in [-0.3, -0.25) is 0 Å². The molecule has 0 atom stereocenters. The summed E-state index contributed by atoms with van der Waals surface area (Å²) in [4.78, 5) is 5.37. The molecule has 1 aromatic heterocycles. The van der Waals surface area contributed by atoms with E-state index in [0.717, 1.165) is 5.69 Å². The molecular formula is C11H17NS. The van der Waals surface area contributed by atoms with Crippen molar-refractivity contribution in [3.8, 4) is 0 Å². The second-order valence-electron chi connectivity index (χ2n) is 2.39. The van der Waals surface area contributed by atoms with Crippen LogP contribution in [0.3, 0.4) is 0 Å². The Morgan fingerprint density at radius 2 is 2.15 bits per heavy atom. The topological polar surface area (TPSA) is 12.9 Å². The summed E-state index contributed by atoms with van der Waals surface area (Å²) in [5.74, 6) is 0. The Balaban J connectivity index is 0.000000671. The molecule has 0 saturated carbocycles. The van der Waals surface area contributed by atoms with E-state index in [0.29, 0.717) is 0 Å². The van der Waals surface area contributed by atoms with Crippen molar-refractivity contribution in [2.45, 2.75) is 27.7 Å². The van der Waals surface area contributed by atoms with Crippen molar-refractivity contribution in [1.29, 1.82) is 0 Å². The van der Waals surface area contributed by atoms with Gasteiger partial charge in [-0.15, -0.1) is 11.3 Å². The van der Waals surface area contributed by atoms with Crippen LogP contribution >= 0.6 is 11.3 Å². The fraction of sp³-hybridized carbons (Fsp3) is 0.364. The maximum Gasteiger partial charge on any atom is 0.0801 e. The summed E-state index contributed by atoms with van der Waals surface area (Å²) in [5.41, 5.74) is 4.13. The van der Waals surface area contributed by atoms with E-state index in [1.54, 1.807) is 11.3 Å². The zero-order valence-corrected chi connectivity index (χ0v) is 9.61. The number of hydrogen-bond donors (Lipinski definition) is 0. The van der Waals surface area contributed by atoms with E-state index in [1.165, 1.54) is 10.5 Å². The molecular weight excluding hydrogens is 178 g/mol. The Kier molecular flexibility index (Phi) is 6.15. The predicted molar refractivity (Wildman–Crippen MR) is 62.0 cm³/mol. The monoisotopic (exact) mass is 195 g/mol. The highest BCUT2D eigenvalue weighted by Gasteiger charge is 1.95. The van der Waals surface area contributed by atoms with Gasteiger partial charge in [-0.25, -0.2) is 4.98 Å². The average Bonchev–Trinajstić information content (AvgIpc) is 2.55. The second-order valence-corrected chi connectivity index (χ2v) is 3.28. The summed E-state index contributed by atoms with van der Waals surface area (Å²) in [6, 6.07) is 0. The van der Waals surface area contributed by atoms with Gasteiger partial charge in [0, 0.05) is 0 Å². The minimum Gasteiger partial charge on any atom is -0.249 e. The van der Waals surface area contributed by atoms with Crippen LogP contribution in [0.1, 0.15) is 31.3 Å². The van der Waals surface area contributed by atoms with E-state index in [2.05, 4.69) is 17.6 Å². The van der Waals surface area contributed by atoms with Crippen molar-refractivity contribution >= 4 is 17.4 Å². The lowest BCUT2D eigenvalue weighted by atomic mass is 10.2. The highest BCUT2D eigenvalue weighted by Crippen LogP contribution is 2.16. The summed E-state index contributed by atoms with van der Waals surface area (Å²) in [7, 11) is 0. The molecule has 0 aromatic carbocycles. The van der Waals surface area contributed by atoms with Crippen LogP contribution in [-0.4, -0.2) is 4.98 Å². The molecule has 0 unspecified atom stereocenters. The predicted octanol–water partition coefficient (Wildman–Crippen LogP) is 4.07. The van der Waals surface area contributed by atoms with Crippen LogP contribution in [0.15, 0.2) is 23.7 Å². The van der Waals surface area contributed by atoms with Crippen LogP contribution in [0.4, 0.5) is 0 Å². The van der Waals surface area contributed by atoms with Crippen molar-refractivity contribution < 1.29 is 0 Å². The summed E-state index contributed by atoms with van der Waals surface area (Å²) < 4.78 is 0. The first-order valence-electron chi connectivity index (χ1n) is 4.45. The number of hydrogen-bond acceptors (Lipinski definition) is 2. The van der Waals surface area contributed by atoms with Gasteiger partial charge in [-0.1, -0.05) is 32.1 Å². The number of allylic oxidation sites excluding steroid dienone is 2. The molecule has 0 aliphatic rings. The number of rotatable bonds is 2. The van der Waals surface area contributed by atoms with Crippen molar-refractivity contribution in [3.05, 3.63) is 34.3 Å². The molecule has 1 aromatic rings. The normalized spacial score (nSPS) is 10.3. The van der Waals surface area contributed by atoms with Gasteiger partial charge in [0.2, 0.25) is 0 Å². The molecule has 13 heavy (non-hydrogen) atoms.